The van der Waals surface area contributed by atoms with Crippen LogP contribution in [0.5, 0.6) is 0 Å². The molecule has 0 saturated carbocycles. The Bertz CT molecular complexity index is 738. The Morgan fingerprint density at radius 3 is 2.76 bits per heavy atom. The van der Waals surface area contributed by atoms with E-state index in [4.69, 9.17) is 22.1 Å². The zero-order valence-corrected chi connectivity index (χ0v) is 11.5. The number of halogens is 1. The van der Waals surface area contributed by atoms with E-state index in [-0.39, 0.29) is 10.3 Å². The quantitative estimate of drug-likeness (QED) is 0.478. The summed E-state index contributed by atoms with van der Waals surface area (Å²) in [5, 5.41) is 29.5. The van der Waals surface area contributed by atoms with E-state index >= 15 is 0 Å². The second-order valence-corrected chi connectivity index (χ2v) is 5.29. The van der Waals surface area contributed by atoms with Crippen LogP contribution in [0.1, 0.15) is 11.7 Å². The Morgan fingerprint density at radius 2 is 2.10 bits per heavy atom. The number of aromatic nitrogens is 2. The van der Waals surface area contributed by atoms with Gasteiger partial charge in [0.1, 0.15) is 34.7 Å². The fourth-order valence-electron chi connectivity index (χ4n) is 2.44. The smallest absolute Gasteiger partial charge is 0.214 e. The first-order chi connectivity index (χ1) is 10.0. The second-order valence-electron chi connectivity index (χ2n) is 4.88. The number of hydrogen-bond acceptors (Lipinski definition) is 6. The minimum atomic E-state index is -1.21. The van der Waals surface area contributed by atoms with Gasteiger partial charge < -0.3 is 25.0 Å². The maximum atomic E-state index is 13.1. The van der Waals surface area contributed by atoms with E-state index < -0.39 is 37.0 Å². The molecule has 2 aromatic heterocycles. The van der Waals surface area contributed by atoms with Crippen LogP contribution in [-0.2, 0) is 4.74 Å². The van der Waals surface area contributed by atoms with Crippen LogP contribution in [0.4, 0.5) is 4.39 Å². The monoisotopic (exact) mass is 312 g/mol. The summed E-state index contributed by atoms with van der Waals surface area (Å²) in [6, 6.07) is 4.36. The van der Waals surface area contributed by atoms with Crippen LogP contribution in [-0.4, -0.2) is 50.2 Å². The molecule has 0 radical (unpaired) electrons. The van der Waals surface area contributed by atoms with Crippen molar-refractivity contribution in [2.75, 3.05) is 6.61 Å². The highest BCUT2D eigenvalue weighted by Crippen LogP contribution is 2.34. The molecular weight excluding hydrogens is 299 g/mol. The molecule has 3 rings (SSSR count). The number of hydrogen-bond donors (Lipinski definition) is 4. The van der Waals surface area contributed by atoms with Crippen LogP contribution in [0, 0.1) is 10.6 Å². The lowest BCUT2D eigenvalue weighted by atomic mass is 10.0. The number of aromatic amines is 1. The third-order valence-electron chi connectivity index (χ3n) is 3.55. The number of H-pyrrole nitrogens is 1. The molecule has 3 heterocycles. The predicted octanol–water partition coefficient (Wildman–Crippen LogP) is 0.585. The Hall–Kier alpha value is -1.45. The maximum absolute atomic E-state index is 13.1. The summed E-state index contributed by atoms with van der Waals surface area (Å²) in [6.07, 6.45) is -4.14. The molecule has 0 aromatic carbocycles. The number of nitrogens with one attached hydrogen (secondary N) is 1. The maximum Gasteiger partial charge on any atom is 0.214 e. The van der Waals surface area contributed by atoms with Gasteiger partial charge >= 0.3 is 0 Å². The number of pyridine rings is 2. The lowest BCUT2D eigenvalue weighted by Gasteiger charge is -2.15. The molecule has 1 aliphatic rings. The van der Waals surface area contributed by atoms with Gasteiger partial charge in [0, 0.05) is 10.9 Å². The third kappa shape index (κ3) is 2.45. The fraction of sp³-hybridized carbons (Fsp3) is 0.385. The first kappa shape index (κ1) is 14.5. The van der Waals surface area contributed by atoms with E-state index in [2.05, 4.69) is 9.97 Å². The zero-order valence-electron chi connectivity index (χ0n) is 10.7. The lowest BCUT2D eigenvalue weighted by Crippen LogP contribution is -2.32. The molecule has 0 spiro atoms. The summed E-state index contributed by atoms with van der Waals surface area (Å²) in [5.74, 6) is -0.631. The van der Waals surface area contributed by atoms with Crippen LogP contribution >= 0.6 is 12.2 Å². The number of aliphatic hydroxyl groups excluding tert-OH is 3. The predicted molar refractivity (Wildman–Crippen MR) is 73.6 cm³/mol. The van der Waals surface area contributed by atoms with Crippen molar-refractivity contribution in [2.24, 2.45) is 0 Å². The van der Waals surface area contributed by atoms with Crippen molar-refractivity contribution in [3.8, 4) is 0 Å². The topological polar surface area (TPSA) is 98.6 Å². The molecule has 0 amide bonds. The number of rotatable bonds is 2. The summed E-state index contributed by atoms with van der Waals surface area (Å²) in [7, 11) is 0. The van der Waals surface area contributed by atoms with Gasteiger partial charge in [0.2, 0.25) is 5.95 Å². The van der Waals surface area contributed by atoms with Gasteiger partial charge in [-0.2, -0.15) is 4.39 Å². The van der Waals surface area contributed by atoms with Gasteiger partial charge in [-0.3, -0.25) is 0 Å². The molecule has 4 N–H and O–H groups in total. The molecule has 1 unspecified atom stereocenters. The van der Waals surface area contributed by atoms with Gasteiger partial charge in [-0.15, -0.1) is 0 Å². The normalized spacial score (nSPS) is 29.1. The molecule has 0 aliphatic carbocycles. The van der Waals surface area contributed by atoms with Gasteiger partial charge in [0.25, 0.3) is 0 Å². The SMILES string of the molecule is OC[C@H]1O[C@@H](c2cc3ccc(F)nc3[nH]c2=S)[C@@H](O)C1O. The van der Waals surface area contributed by atoms with Crippen LogP contribution in [0.3, 0.4) is 0 Å². The van der Waals surface area contributed by atoms with Crippen LogP contribution in [0.25, 0.3) is 11.0 Å². The molecule has 1 aliphatic heterocycles. The molecule has 6 nitrogen and oxygen atoms in total. The van der Waals surface area contributed by atoms with E-state index in [1.165, 1.54) is 12.1 Å². The Kier molecular flexibility index (Phi) is 3.72. The first-order valence-electron chi connectivity index (χ1n) is 6.33. The van der Waals surface area contributed by atoms with Crippen molar-refractivity contribution in [1.82, 2.24) is 9.97 Å². The number of fused-ring (bicyclic) bond motifs is 1. The first-order valence-corrected chi connectivity index (χ1v) is 6.74. The second kappa shape index (κ2) is 5.39. The van der Waals surface area contributed by atoms with Crippen molar-refractivity contribution in [2.45, 2.75) is 24.4 Å². The largest absolute Gasteiger partial charge is 0.394 e. The molecular formula is C13H13FN2O4S. The van der Waals surface area contributed by atoms with Gasteiger partial charge in [-0.25, -0.2) is 4.98 Å². The highest BCUT2D eigenvalue weighted by Gasteiger charge is 2.43. The van der Waals surface area contributed by atoms with Gasteiger partial charge in [0.15, 0.2) is 0 Å². The molecule has 21 heavy (non-hydrogen) atoms. The number of nitrogens with zero attached hydrogens (tertiary/aromatic N) is 1. The van der Waals surface area contributed by atoms with Crippen molar-refractivity contribution >= 4 is 23.3 Å². The molecule has 2 aromatic rings. The van der Waals surface area contributed by atoms with E-state index in [1.54, 1.807) is 6.07 Å². The number of aliphatic hydroxyl groups is 3. The highest BCUT2D eigenvalue weighted by atomic mass is 32.1. The third-order valence-corrected chi connectivity index (χ3v) is 3.88. The molecule has 8 heteroatoms. The minimum Gasteiger partial charge on any atom is -0.394 e. The standard InChI is InChI=1S/C13H13FN2O4S/c14-8-2-1-5-3-6(13(21)16-12(5)15-8)11-10(19)9(18)7(4-17)20-11/h1-3,7,9-11,17-19H,4H2,(H,15,16,21)/t7-,9?,10+,11+/m1/s1. The van der Waals surface area contributed by atoms with Crippen LogP contribution in [0.2, 0.25) is 0 Å². The molecule has 0 bridgehead atoms. The molecule has 1 saturated heterocycles. The van der Waals surface area contributed by atoms with Crippen LogP contribution in [0.15, 0.2) is 18.2 Å². The van der Waals surface area contributed by atoms with Crippen molar-refractivity contribution < 1.29 is 24.4 Å². The summed E-state index contributed by atoms with van der Waals surface area (Å²) in [4.78, 5) is 6.46. The van der Waals surface area contributed by atoms with E-state index in [1.807, 2.05) is 0 Å². The van der Waals surface area contributed by atoms with Gasteiger partial charge in [-0.05, 0) is 18.2 Å². The summed E-state index contributed by atoms with van der Waals surface area (Å²) in [6.45, 7) is -0.411. The molecule has 4 atom stereocenters. The number of ether oxygens (including phenoxy) is 1. The summed E-state index contributed by atoms with van der Waals surface area (Å²) >= 11 is 5.17. The van der Waals surface area contributed by atoms with Gasteiger partial charge in [-0.1, -0.05) is 12.2 Å². The van der Waals surface area contributed by atoms with Crippen molar-refractivity contribution in [1.29, 1.82) is 0 Å². The highest BCUT2D eigenvalue weighted by molar-refractivity contribution is 7.71. The molecule has 1 fully saturated rings. The summed E-state index contributed by atoms with van der Waals surface area (Å²) in [5.41, 5.74) is 0.740. The lowest BCUT2D eigenvalue weighted by molar-refractivity contribution is -0.0229. The Morgan fingerprint density at radius 1 is 1.33 bits per heavy atom. The Labute approximate surface area is 123 Å². The molecule has 112 valence electrons. The minimum absolute atomic E-state index is 0.232. The average Bonchev–Trinajstić information content (AvgIpc) is 2.74. The average molecular weight is 312 g/mol. The van der Waals surface area contributed by atoms with Crippen molar-refractivity contribution in [3.05, 3.63) is 34.4 Å². The van der Waals surface area contributed by atoms with E-state index in [9.17, 15) is 14.6 Å². The Balaban J connectivity index is 2.07. The zero-order chi connectivity index (χ0) is 15.1. The van der Waals surface area contributed by atoms with Crippen molar-refractivity contribution in [3.63, 3.8) is 0 Å². The summed E-state index contributed by atoms with van der Waals surface area (Å²) < 4.78 is 18.8. The van der Waals surface area contributed by atoms with Gasteiger partial charge in [0.05, 0.1) is 6.61 Å². The van der Waals surface area contributed by atoms with E-state index in [0.717, 1.165) is 0 Å². The van der Waals surface area contributed by atoms with E-state index in [0.29, 0.717) is 10.9 Å². The van der Waals surface area contributed by atoms with Crippen LogP contribution < -0.4 is 0 Å². The fourth-order valence-corrected chi connectivity index (χ4v) is 2.72.